The van der Waals surface area contributed by atoms with Crippen LogP contribution in [0.15, 0.2) is 66.4 Å². The highest BCUT2D eigenvalue weighted by Gasteiger charge is 2.41. The van der Waals surface area contributed by atoms with Crippen molar-refractivity contribution in [3.8, 4) is 0 Å². The smallest absolute Gasteiger partial charge is 0.282 e. The van der Waals surface area contributed by atoms with Gasteiger partial charge in [-0.25, -0.2) is 4.90 Å². The van der Waals surface area contributed by atoms with Crippen molar-refractivity contribution in [2.45, 2.75) is 34.6 Å². The van der Waals surface area contributed by atoms with Crippen molar-refractivity contribution >= 4 is 28.8 Å². The molecule has 0 fully saturated rings. The average molecular weight is 411 g/mol. The number of rotatable bonds is 4. The molecule has 1 N–H and O–H groups in total. The number of imide groups is 1. The number of nitrogens with zero attached hydrogens (tertiary/aromatic N) is 1. The maximum Gasteiger partial charge on any atom is 0.282 e. The maximum absolute atomic E-state index is 13.6. The molecule has 0 spiro atoms. The lowest BCUT2D eigenvalue weighted by molar-refractivity contribution is -0.120. The summed E-state index contributed by atoms with van der Waals surface area (Å²) in [7, 11) is 0. The Morgan fingerprint density at radius 2 is 1.39 bits per heavy atom. The largest absolute Gasteiger partial charge is 0.350 e. The van der Waals surface area contributed by atoms with Crippen LogP contribution in [0.3, 0.4) is 0 Å². The zero-order chi connectivity index (χ0) is 22.3. The summed E-state index contributed by atoms with van der Waals surface area (Å²) in [6.07, 6.45) is 0. The second-order valence-electron chi connectivity index (χ2n) is 8.22. The van der Waals surface area contributed by atoms with E-state index < -0.39 is 0 Å². The summed E-state index contributed by atoms with van der Waals surface area (Å²) in [6, 6.07) is 19.4. The van der Waals surface area contributed by atoms with Crippen LogP contribution in [0.1, 0.15) is 33.4 Å². The van der Waals surface area contributed by atoms with Crippen molar-refractivity contribution in [2.24, 2.45) is 0 Å². The molecule has 0 saturated heterocycles. The SMILES string of the molecule is Cc1ccc(C2=C(Nc3cc(C)ccc3C)C(=O)N(c3cccc(C)c3C)C2=O)cc1. The Hall–Kier alpha value is -3.66. The Morgan fingerprint density at radius 3 is 2.10 bits per heavy atom. The molecular formula is C27H26N2O2. The van der Waals surface area contributed by atoms with E-state index in [-0.39, 0.29) is 11.8 Å². The van der Waals surface area contributed by atoms with Crippen LogP contribution in [0.4, 0.5) is 11.4 Å². The Morgan fingerprint density at radius 1 is 0.710 bits per heavy atom. The lowest BCUT2D eigenvalue weighted by Crippen LogP contribution is -2.33. The van der Waals surface area contributed by atoms with Gasteiger partial charge in [0.05, 0.1) is 11.3 Å². The van der Waals surface area contributed by atoms with Gasteiger partial charge in [-0.15, -0.1) is 0 Å². The summed E-state index contributed by atoms with van der Waals surface area (Å²) in [6.45, 7) is 9.90. The highest BCUT2D eigenvalue weighted by atomic mass is 16.2. The van der Waals surface area contributed by atoms with Gasteiger partial charge in [-0.1, -0.05) is 54.1 Å². The highest BCUT2D eigenvalue weighted by Crippen LogP contribution is 2.36. The van der Waals surface area contributed by atoms with Gasteiger partial charge < -0.3 is 5.32 Å². The molecule has 0 atom stereocenters. The minimum Gasteiger partial charge on any atom is -0.350 e. The van der Waals surface area contributed by atoms with Gasteiger partial charge in [0.2, 0.25) is 0 Å². The quantitative estimate of drug-likeness (QED) is 0.568. The van der Waals surface area contributed by atoms with Crippen LogP contribution in [-0.4, -0.2) is 11.8 Å². The van der Waals surface area contributed by atoms with Gasteiger partial charge in [0.1, 0.15) is 5.70 Å². The van der Waals surface area contributed by atoms with Crippen LogP contribution in [-0.2, 0) is 9.59 Å². The summed E-state index contributed by atoms with van der Waals surface area (Å²) >= 11 is 0. The molecule has 156 valence electrons. The molecule has 4 rings (SSSR count). The molecule has 1 heterocycles. The number of hydrogen-bond acceptors (Lipinski definition) is 3. The predicted molar refractivity (Wildman–Crippen MR) is 126 cm³/mol. The number of benzene rings is 3. The first-order valence-electron chi connectivity index (χ1n) is 10.4. The fourth-order valence-electron chi connectivity index (χ4n) is 3.84. The number of anilines is 2. The minimum atomic E-state index is -0.338. The van der Waals surface area contributed by atoms with Crippen LogP contribution in [0.25, 0.3) is 5.57 Å². The molecule has 0 aromatic heterocycles. The number of carbonyl (C=O) groups is 2. The Balaban J connectivity index is 1.88. The second kappa shape index (κ2) is 7.88. The minimum absolute atomic E-state index is 0.309. The molecular weight excluding hydrogens is 384 g/mol. The van der Waals surface area contributed by atoms with E-state index in [1.165, 1.54) is 4.90 Å². The van der Waals surface area contributed by atoms with Gasteiger partial charge in [0, 0.05) is 5.69 Å². The van der Waals surface area contributed by atoms with E-state index in [0.717, 1.165) is 39.1 Å². The van der Waals surface area contributed by atoms with Gasteiger partial charge >= 0.3 is 0 Å². The molecule has 0 saturated carbocycles. The average Bonchev–Trinajstić information content (AvgIpc) is 2.97. The van der Waals surface area contributed by atoms with E-state index in [1.54, 1.807) is 0 Å². The molecule has 4 heteroatoms. The normalized spacial score (nSPS) is 13.9. The van der Waals surface area contributed by atoms with Gasteiger partial charge in [-0.2, -0.15) is 0 Å². The third-order valence-electron chi connectivity index (χ3n) is 5.89. The van der Waals surface area contributed by atoms with Crippen molar-refractivity contribution < 1.29 is 9.59 Å². The van der Waals surface area contributed by atoms with Crippen LogP contribution in [0, 0.1) is 34.6 Å². The molecule has 31 heavy (non-hydrogen) atoms. The standard InChI is InChI=1S/C27H26N2O2/c1-16-10-13-21(14-11-16)24-25(28-22-15-17(2)9-12-19(22)4)27(31)29(26(24)30)23-8-6-7-18(3)20(23)5/h6-15,28H,1-5H3. The molecule has 1 aliphatic heterocycles. The Bertz CT molecular complexity index is 1240. The van der Waals surface area contributed by atoms with Crippen molar-refractivity contribution in [1.29, 1.82) is 0 Å². The van der Waals surface area contributed by atoms with Gasteiger partial charge in [0.25, 0.3) is 11.8 Å². The van der Waals surface area contributed by atoms with Crippen LogP contribution < -0.4 is 10.2 Å². The molecule has 1 aliphatic rings. The monoisotopic (exact) mass is 410 g/mol. The number of nitrogens with one attached hydrogen (secondary N) is 1. The van der Waals surface area contributed by atoms with Gasteiger partial charge in [-0.3, -0.25) is 9.59 Å². The third-order valence-corrected chi connectivity index (χ3v) is 5.89. The van der Waals surface area contributed by atoms with Crippen molar-refractivity contribution in [1.82, 2.24) is 0 Å². The molecule has 4 nitrogen and oxygen atoms in total. The van der Waals surface area contributed by atoms with E-state index in [9.17, 15) is 9.59 Å². The molecule has 0 bridgehead atoms. The first kappa shape index (κ1) is 20.6. The topological polar surface area (TPSA) is 49.4 Å². The summed E-state index contributed by atoms with van der Waals surface area (Å²) < 4.78 is 0. The molecule has 2 amide bonds. The van der Waals surface area contributed by atoms with Crippen molar-refractivity contribution in [2.75, 3.05) is 10.2 Å². The molecule has 3 aromatic rings. The van der Waals surface area contributed by atoms with Crippen LogP contribution >= 0.6 is 0 Å². The fourth-order valence-corrected chi connectivity index (χ4v) is 3.84. The second-order valence-corrected chi connectivity index (χ2v) is 8.22. The van der Waals surface area contributed by atoms with Crippen LogP contribution in [0.2, 0.25) is 0 Å². The summed E-state index contributed by atoms with van der Waals surface area (Å²) in [5.41, 5.74) is 8.00. The number of amides is 2. The van der Waals surface area contributed by atoms with Crippen molar-refractivity contribution in [3.63, 3.8) is 0 Å². The van der Waals surface area contributed by atoms with E-state index in [2.05, 4.69) is 5.32 Å². The van der Waals surface area contributed by atoms with E-state index in [4.69, 9.17) is 0 Å². The molecule has 3 aromatic carbocycles. The number of aryl methyl sites for hydroxylation is 4. The van der Waals surface area contributed by atoms with Crippen molar-refractivity contribution in [3.05, 3.63) is 99.7 Å². The summed E-state index contributed by atoms with van der Waals surface area (Å²) in [4.78, 5) is 28.5. The van der Waals surface area contributed by atoms with E-state index in [1.807, 2.05) is 95.3 Å². The lowest BCUT2D eigenvalue weighted by Gasteiger charge is -2.19. The highest BCUT2D eigenvalue weighted by molar-refractivity contribution is 6.46. The lowest BCUT2D eigenvalue weighted by atomic mass is 10.0. The Labute approximate surface area is 183 Å². The summed E-state index contributed by atoms with van der Waals surface area (Å²) in [5.74, 6) is -0.648. The zero-order valence-corrected chi connectivity index (χ0v) is 18.5. The zero-order valence-electron chi connectivity index (χ0n) is 18.5. The predicted octanol–water partition coefficient (Wildman–Crippen LogP) is 5.63. The molecule has 0 unspecified atom stereocenters. The fraction of sp³-hybridized carbons (Fsp3) is 0.185. The maximum atomic E-state index is 13.6. The molecule has 0 radical (unpaired) electrons. The third kappa shape index (κ3) is 3.66. The summed E-state index contributed by atoms with van der Waals surface area (Å²) in [5, 5.41) is 3.29. The van der Waals surface area contributed by atoms with Crippen LogP contribution in [0.5, 0.6) is 0 Å². The van der Waals surface area contributed by atoms with Gasteiger partial charge in [-0.05, 0) is 74.6 Å². The van der Waals surface area contributed by atoms with E-state index in [0.29, 0.717) is 17.0 Å². The first-order valence-corrected chi connectivity index (χ1v) is 10.4. The Kier molecular flexibility index (Phi) is 5.24. The van der Waals surface area contributed by atoms with E-state index >= 15 is 0 Å². The molecule has 0 aliphatic carbocycles. The number of hydrogen-bond donors (Lipinski definition) is 1. The van der Waals surface area contributed by atoms with Gasteiger partial charge in [0.15, 0.2) is 0 Å². The number of carbonyl (C=O) groups excluding carboxylic acids is 2. The first-order chi connectivity index (χ1) is 14.8.